The first-order valence-electron chi connectivity index (χ1n) is 20.1. The van der Waals surface area contributed by atoms with E-state index < -0.39 is 74.7 Å². The fraction of sp³-hybridized carbons (Fsp3) is 0.714. The smallest absolute Gasteiger partial charge is 0.218 e. The number of carbonyl (C=O) groups is 5. The zero-order valence-electron chi connectivity index (χ0n) is 35.0. The summed E-state index contributed by atoms with van der Waals surface area (Å²) in [7, 11) is 0. The van der Waals surface area contributed by atoms with E-state index in [-0.39, 0.29) is 55.8 Å². The largest absolute Gasteiger partial charge is 0.384 e. The molecule has 56 heavy (non-hydrogen) atoms. The van der Waals surface area contributed by atoms with E-state index in [1.165, 1.54) is 0 Å². The van der Waals surface area contributed by atoms with Crippen LogP contribution >= 0.6 is 0 Å². The van der Waals surface area contributed by atoms with Crippen LogP contribution in [0, 0.1) is 51.2 Å². The SMILES string of the molecule is CC1=C2N=C(C=C3NC(C(C)C4=NC(C)(C5N=C1C(C)(C)C5C)C(C)(CC(N)=O)[C@@H]4CCC(N)=O)C(C)(CC(N)=O)[C@@H]3CCC(N)=O)C(C)(C)[C@@H]2CCC(N)=O. The molecule has 0 spiro atoms. The van der Waals surface area contributed by atoms with Crippen LogP contribution < -0.4 is 34.0 Å². The highest BCUT2D eigenvalue weighted by molar-refractivity contribution is 6.09. The zero-order chi connectivity index (χ0) is 42.1. The van der Waals surface area contributed by atoms with Crippen LogP contribution in [0.3, 0.4) is 0 Å². The van der Waals surface area contributed by atoms with Gasteiger partial charge in [0.2, 0.25) is 29.5 Å². The Hall–Kier alpha value is -4.36. The van der Waals surface area contributed by atoms with Crippen LogP contribution in [0.15, 0.2) is 38.0 Å². The molecule has 0 aliphatic carbocycles. The molecule has 5 amide bonds. The van der Waals surface area contributed by atoms with Gasteiger partial charge >= 0.3 is 0 Å². The Bertz CT molecular complexity index is 1880. The Morgan fingerprint density at radius 2 is 1.23 bits per heavy atom. The van der Waals surface area contributed by atoms with Crippen molar-refractivity contribution in [2.75, 3.05) is 0 Å². The Morgan fingerprint density at radius 1 is 0.714 bits per heavy atom. The average molecular weight is 776 g/mol. The summed E-state index contributed by atoms with van der Waals surface area (Å²) in [6.07, 6.45) is 3.49. The van der Waals surface area contributed by atoms with Crippen LogP contribution in [0.2, 0.25) is 0 Å². The van der Waals surface area contributed by atoms with Gasteiger partial charge in [-0.2, -0.15) is 0 Å². The standard InChI is InChI=1S/C42H65N9O5/c1-20-33-24(12-15-29(44)53)39(6,7)27(49-33)17-26-23(11-14-28(43)52)40(8,18-31(46)55)36(48-26)21(2)34-25(13-16-30(45)54)41(9,19-32(47)56)42(10,51-34)37-22(3)38(4,5)35(20)50-37/h17,21-25,36-37,48H,11-16,18-19H2,1-10H3,(H2,43,52)(H2,44,53)(H2,45,54)(H2,46,55)(H2,47,56)/t21?,22?,23-,24-,25-,36?,37?,40?,41?,42?/m1/s1. The normalized spacial score (nSPS) is 36.7. The molecule has 1 fully saturated rings. The van der Waals surface area contributed by atoms with Gasteiger partial charge in [0.15, 0.2) is 0 Å². The number of nitrogens with one attached hydrogen (secondary N) is 1. The van der Waals surface area contributed by atoms with Crippen molar-refractivity contribution in [3.05, 3.63) is 23.0 Å². The van der Waals surface area contributed by atoms with Gasteiger partial charge in [-0.25, -0.2) is 0 Å². The number of hydrogen-bond donors (Lipinski definition) is 6. The third kappa shape index (κ3) is 6.88. The molecule has 0 aromatic carbocycles. The highest BCUT2D eigenvalue weighted by Crippen LogP contribution is 2.61. The quantitative estimate of drug-likeness (QED) is 0.163. The molecule has 5 aliphatic rings. The van der Waals surface area contributed by atoms with Gasteiger partial charge in [0.05, 0.1) is 11.6 Å². The fourth-order valence-corrected chi connectivity index (χ4v) is 11.5. The summed E-state index contributed by atoms with van der Waals surface area (Å²) in [5.74, 6) is -3.72. The molecule has 14 nitrogen and oxygen atoms in total. The number of aliphatic imine (C=N–C) groups is 3. The highest BCUT2D eigenvalue weighted by Gasteiger charge is 2.65. The molecule has 11 N–H and O–H groups in total. The van der Waals surface area contributed by atoms with E-state index in [1.54, 1.807) is 0 Å². The Kier molecular flexibility index (Phi) is 11.1. The molecule has 8 bridgehead atoms. The van der Waals surface area contributed by atoms with Crippen LogP contribution in [0.5, 0.6) is 0 Å². The second kappa shape index (κ2) is 14.5. The van der Waals surface area contributed by atoms with E-state index in [0.717, 1.165) is 34.1 Å². The van der Waals surface area contributed by atoms with Crippen molar-refractivity contribution in [1.29, 1.82) is 0 Å². The molecule has 0 saturated carbocycles. The van der Waals surface area contributed by atoms with Crippen molar-refractivity contribution in [2.45, 2.75) is 138 Å². The second-order valence-corrected chi connectivity index (χ2v) is 19.2. The number of carbonyl (C=O) groups excluding carboxylic acids is 5. The van der Waals surface area contributed by atoms with E-state index in [2.05, 4.69) is 53.8 Å². The first-order valence-corrected chi connectivity index (χ1v) is 20.1. The van der Waals surface area contributed by atoms with Crippen molar-refractivity contribution in [2.24, 2.45) is 94.9 Å². The predicted molar refractivity (Wildman–Crippen MR) is 218 cm³/mol. The number of nitrogens with zero attached hydrogens (tertiary/aromatic N) is 3. The summed E-state index contributed by atoms with van der Waals surface area (Å²) in [6, 6.07) is -0.853. The maximum Gasteiger partial charge on any atom is 0.218 e. The van der Waals surface area contributed by atoms with E-state index in [0.29, 0.717) is 19.3 Å². The Balaban J connectivity index is 1.91. The van der Waals surface area contributed by atoms with Crippen molar-refractivity contribution in [3.8, 4) is 0 Å². The van der Waals surface area contributed by atoms with Crippen LogP contribution in [-0.4, -0.2) is 64.3 Å². The zero-order valence-corrected chi connectivity index (χ0v) is 35.0. The minimum atomic E-state index is -0.977. The van der Waals surface area contributed by atoms with E-state index >= 15 is 0 Å². The van der Waals surface area contributed by atoms with Crippen LogP contribution in [0.1, 0.15) is 121 Å². The predicted octanol–water partition coefficient (Wildman–Crippen LogP) is 3.35. The molecule has 0 aromatic heterocycles. The van der Waals surface area contributed by atoms with Gasteiger partial charge in [0.25, 0.3) is 0 Å². The molecule has 10 atom stereocenters. The van der Waals surface area contributed by atoms with E-state index in [9.17, 15) is 24.0 Å². The summed E-state index contributed by atoms with van der Waals surface area (Å²) < 4.78 is 0. The van der Waals surface area contributed by atoms with Gasteiger partial charge in [0.1, 0.15) is 0 Å². The lowest BCUT2D eigenvalue weighted by atomic mass is 9.56. The first kappa shape index (κ1) is 42.8. The average Bonchev–Trinajstić information content (AvgIpc) is 3.64. The maximum absolute atomic E-state index is 13.2. The Labute approximate surface area is 331 Å². The molecular weight excluding hydrogens is 711 g/mol. The van der Waals surface area contributed by atoms with Crippen molar-refractivity contribution in [3.63, 3.8) is 0 Å². The molecular formula is C42H65N9O5. The number of rotatable bonds is 13. The number of allylic oxidation sites excluding steroid dienone is 4. The van der Waals surface area contributed by atoms with Crippen LogP contribution in [0.4, 0.5) is 0 Å². The summed E-state index contributed by atoms with van der Waals surface area (Å²) in [4.78, 5) is 80.0. The van der Waals surface area contributed by atoms with Crippen molar-refractivity contribution >= 4 is 46.7 Å². The molecule has 0 aromatic rings. The monoisotopic (exact) mass is 776 g/mol. The van der Waals surface area contributed by atoms with Crippen molar-refractivity contribution < 1.29 is 24.0 Å². The molecule has 5 aliphatic heterocycles. The number of hydrogen-bond acceptors (Lipinski definition) is 9. The molecule has 5 heterocycles. The summed E-state index contributed by atoms with van der Waals surface area (Å²) in [6.45, 7) is 21.0. The molecule has 14 heteroatoms. The van der Waals surface area contributed by atoms with E-state index in [1.807, 2.05) is 26.8 Å². The van der Waals surface area contributed by atoms with Gasteiger partial charge < -0.3 is 34.0 Å². The summed E-state index contributed by atoms with van der Waals surface area (Å²) >= 11 is 0. The van der Waals surface area contributed by atoms with Gasteiger partial charge in [-0.1, -0.05) is 55.4 Å². The minimum Gasteiger partial charge on any atom is -0.384 e. The Morgan fingerprint density at radius 3 is 1.75 bits per heavy atom. The number of amides is 5. The van der Waals surface area contributed by atoms with Gasteiger partial charge in [0, 0.05) is 112 Å². The maximum atomic E-state index is 13.2. The number of nitrogens with two attached hydrogens (primary N) is 5. The van der Waals surface area contributed by atoms with Crippen LogP contribution in [0.25, 0.3) is 0 Å². The minimum absolute atomic E-state index is 0.00625. The van der Waals surface area contributed by atoms with Gasteiger partial charge in [-0.05, 0) is 50.7 Å². The summed E-state index contributed by atoms with van der Waals surface area (Å²) in [5, 5.41) is 3.82. The third-order valence-electron chi connectivity index (χ3n) is 15.1. The van der Waals surface area contributed by atoms with Crippen LogP contribution in [-0.2, 0) is 24.0 Å². The molecule has 5 rings (SSSR count). The van der Waals surface area contributed by atoms with Gasteiger partial charge in [-0.15, -0.1) is 0 Å². The van der Waals surface area contributed by atoms with E-state index in [4.69, 9.17) is 43.6 Å². The summed E-state index contributed by atoms with van der Waals surface area (Å²) in [5.41, 5.74) is 30.7. The van der Waals surface area contributed by atoms with Gasteiger partial charge in [-0.3, -0.25) is 38.9 Å². The number of fused-ring (bicyclic) bond motifs is 6. The highest BCUT2D eigenvalue weighted by atomic mass is 16.2. The molecule has 7 unspecified atom stereocenters. The molecule has 0 radical (unpaired) electrons. The topological polar surface area (TPSA) is 265 Å². The molecule has 1 saturated heterocycles. The lowest BCUT2D eigenvalue weighted by molar-refractivity contribution is -0.123. The fourth-order valence-electron chi connectivity index (χ4n) is 11.5. The third-order valence-corrected chi connectivity index (χ3v) is 15.1. The lowest BCUT2D eigenvalue weighted by Gasteiger charge is -2.47. The lowest BCUT2D eigenvalue weighted by Crippen LogP contribution is -2.55. The second-order valence-electron chi connectivity index (χ2n) is 19.2. The number of primary amides is 5. The van der Waals surface area contributed by atoms with Crippen molar-refractivity contribution in [1.82, 2.24) is 5.32 Å². The first-order chi connectivity index (χ1) is 25.7. The molecule has 308 valence electrons.